The highest BCUT2D eigenvalue weighted by Gasteiger charge is 2.14. The SMILES string of the molecule is CCCCCCCOc1ccc(NC(=S)NC(=O)c2ccccc2OCCc2ccccc2)cc1. The Kier molecular flexibility index (Phi) is 11.1. The molecule has 3 aromatic rings. The number of anilines is 1. The number of para-hydroxylation sites is 1. The summed E-state index contributed by atoms with van der Waals surface area (Å²) >= 11 is 5.35. The van der Waals surface area contributed by atoms with Gasteiger partial charge in [-0.25, -0.2) is 0 Å². The molecule has 6 heteroatoms. The molecule has 0 aliphatic carbocycles. The Hall–Kier alpha value is -3.38. The molecule has 3 aromatic carbocycles. The van der Waals surface area contributed by atoms with Crippen molar-refractivity contribution < 1.29 is 14.3 Å². The summed E-state index contributed by atoms with van der Waals surface area (Å²) in [4.78, 5) is 12.8. The van der Waals surface area contributed by atoms with Gasteiger partial charge in [0.1, 0.15) is 11.5 Å². The number of ether oxygens (including phenoxy) is 2. The van der Waals surface area contributed by atoms with Crippen molar-refractivity contribution in [2.75, 3.05) is 18.5 Å². The van der Waals surface area contributed by atoms with Crippen LogP contribution in [0.15, 0.2) is 78.9 Å². The van der Waals surface area contributed by atoms with Gasteiger partial charge < -0.3 is 14.8 Å². The van der Waals surface area contributed by atoms with Crippen LogP contribution in [0.1, 0.15) is 54.9 Å². The molecule has 0 aromatic heterocycles. The molecule has 35 heavy (non-hydrogen) atoms. The number of thiocarbonyl (C=S) groups is 1. The maximum absolute atomic E-state index is 12.8. The number of hydrogen-bond acceptors (Lipinski definition) is 4. The van der Waals surface area contributed by atoms with Crippen molar-refractivity contribution in [1.82, 2.24) is 5.32 Å². The van der Waals surface area contributed by atoms with E-state index in [-0.39, 0.29) is 11.0 Å². The lowest BCUT2D eigenvalue weighted by Gasteiger charge is -2.13. The first-order valence-electron chi connectivity index (χ1n) is 12.3. The summed E-state index contributed by atoms with van der Waals surface area (Å²) in [5, 5.41) is 6.01. The van der Waals surface area contributed by atoms with Crippen molar-refractivity contribution >= 4 is 28.9 Å². The molecule has 1 amide bonds. The third-order valence-corrected chi connectivity index (χ3v) is 5.68. The normalized spacial score (nSPS) is 10.4. The standard InChI is InChI=1S/C29H34N2O3S/c1-2-3-4-5-11-21-33-25-18-16-24(17-19-25)30-29(35)31-28(32)26-14-9-10-15-27(26)34-22-20-23-12-7-6-8-13-23/h6-10,12-19H,2-5,11,20-22H2,1H3,(H2,30,31,32,35). The number of carbonyl (C=O) groups is 1. The van der Waals surface area contributed by atoms with Gasteiger partial charge in [-0.1, -0.05) is 75.1 Å². The van der Waals surface area contributed by atoms with Gasteiger partial charge in [0.05, 0.1) is 18.8 Å². The first-order valence-corrected chi connectivity index (χ1v) is 12.7. The first kappa shape index (κ1) is 26.2. The minimum Gasteiger partial charge on any atom is -0.494 e. The lowest BCUT2D eigenvalue weighted by Crippen LogP contribution is -2.34. The smallest absolute Gasteiger partial charge is 0.261 e. The summed E-state index contributed by atoms with van der Waals surface area (Å²) in [6, 6.07) is 24.8. The first-order chi connectivity index (χ1) is 17.2. The zero-order valence-corrected chi connectivity index (χ0v) is 21.1. The second-order valence-corrected chi connectivity index (χ2v) is 8.68. The highest BCUT2D eigenvalue weighted by Crippen LogP contribution is 2.19. The van der Waals surface area contributed by atoms with Gasteiger partial charge in [-0.2, -0.15) is 0 Å². The third-order valence-electron chi connectivity index (χ3n) is 5.48. The Balaban J connectivity index is 1.45. The summed E-state index contributed by atoms with van der Waals surface area (Å²) in [6.07, 6.45) is 6.80. The maximum atomic E-state index is 12.8. The number of nitrogens with one attached hydrogen (secondary N) is 2. The molecule has 0 saturated carbocycles. The Bertz CT molecular complexity index is 1060. The number of amides is 1. The Morgan fingerprint density at radius 3 is 2.29 bits per heavy atom. The van der Waals surface area contributed by atoms with E-state index in [2.05, 4.69) is 29.7 Å². The number of hydrogen-bond donors (Lipinski definition) is 2. The van der Waals surface area contributed by atoms with Crippen molar-refractivity contribution in [1.29, 1.82) is 0 Å². The molecule has 5 nitrogen and oxygen atoms in total. The highest BCUT2D eigenvalue weighted by atomic mass is 32.1. The van der Waals surface area contributed by atoms with E-state index < -0.39 is 0 Å². The van der Waals surface area contributed by atoms with Crippen LogP contribution in [0, 0.1) is 0 Å². The van der Waals surface area contributed by atoms with E-state index >= 15 is 0 Å². The fourth-order valence-electron chi connectivity index (χ4n) is 3.57. The average molecular weight is 491 g/mol. The topological polar surface area (TPSA) is 59.6 Å². The summed E-state index contributed by atoms with van der Waals surface area (Å²) in [5.41, 5.74) is 2.40. The van der Waals surface area contributed by atoms with Crippen LogP contribution in [0.25, 0.3) is 0 Å². The molecule has 0 fully saturated rings. The molecule has 184 valence electrons. The van der Waals surface area contributed by atoms with Crippen LogP contribution in [0.4, 0.5) is 5.69 Å². The van der Waals surface area contributed by atoms with Gasteiger partial charge in [0.25, 0.3) is 5.91 Å². The minimum atomic E-state index is -0.319. The van der Waals surface area contributed by atoms with Crippen LogP contribution in [-0.2, 0) is 6.42 Å². The van der Waals surface area contributed by atoms with E-state index in [9.17, 15) is 4.79 Å². The van der Waals surface area contributed by atoms with Crippen LogP contribution in [0.2, 0.25) is 0 Å². The van der Waals surface area contributed by atoms with Crippen LogP contribution < -0.4 is 20.1 Å². The van der Waals surface area contributed by atoms with E-state index in [1.807, 2.05) is 48.5 Å². The molecule has 2 N–H and O–H groups in total. The fraction of sp³-hybridized carbons (Fsp3) is 0.310. The van der Waals surface area contributed by atoms with Gasteiger partial charge in [0.15, 0.2) is 5.11 Å². The molecular formula is C29H34N2O3S. The number of rotatable bonds is 13. The highest BCUT2D eigenvalue weighted by molar-refractivity contribution is 7.80. The van der Waals surface area contributed by atoms with E-state index in [1.165, 1.54) is 31.2 Å². The average Bonchev–Trinajstić information content (AvgIpc) is 2.88. The predicted molar refractivity (Wildman–Crippen MR) is 146 cm³/mol. The number of unbranched alkanes of at least 4 members (excludes halogenated alkanes) is 4. The van der Waals surface area contributed by atoms with Crippen molar-refractivity contribution in [2.45, 2.75) is 45.4 Å². The van der Waals surface area contributed by atoms with E-state index in [0.29, 0.717) is 17.9 Å². The number of carbonyl (C=O) groups excluding carboxylic acids is 1. The van der Waals surface area contributed by atoms with Crippen LogP contribution in [-0.4, -0.2) is 24.2 Å². The van der Waals surface area contributed by atoms with Crippen LogP contribution in [0.5, 0.6) is 11.5 Å². The van der Waals surface area contributed by atoms with Gasteiger partial charge in [-0.15, -0.1) is 0 Å². The quantitative estimate of drug-likeness (QED) is 0.204. The summed E-state index contributed by atoms with van der Waals surface area (Å²) < 4.78 is 11.7. The van der Waals surface area contributed by atoms with Gasteiger partial charge >= 0.3 is 0 Å². The lowest BCUT2D eigenvalue weighted by atomic mass is 10.1. The van der Waals surface area contributed by atoms with Crippen molar-refractivity contribution in [3.05, 3.63) is 90.0 Å². The van der Waals surface area contributed by atoms with E-state index in [4.69, 9.17) is 21.7 Å². The lowest BCUT2D eigenvalue weighted by molar-refractivity contribution is 0.0974. The monoisotopic (exact) mass is 490 g/mol. The second kappa shape index (κ2) is 14.8. The maximum Gasteiger partial charge on any atom is 0.261 e. The second-order valence-electron chi connectivity index (χ2n) is 8.28. The van der Waals surface area contributed by atoms with Gasteiger partial charge in [0.2, 0.25) is 0 Å². The largest absolute Gasteiger partial charge is 0.494 e. The third kappa shape index (κ3) is 9.41. The minimum absolute atomic E-state index is 0.221. The fourth-order valence-corrected chi connectivity index (χ4v) is 3.78. The Morgan fingerprint density at radius 1 is 0.800 bits per heavy atom. The molecule has 0 bridgehead atoms. The van der Waals surface area contributed by atoms with Gasteiger partial charge in [-0.05, 0) is 60.6 Å². The van der Waals surface area contributed by atoms with Crippen molar-refractivity contribution in [3.63, 3.8) is 0 Å². The molecule has 0 aliphatic heterocycles. The Morgan fingerprint density at radius 2 is 1.51 bits per heavy atom. The van der Waals surface area contributed by atoms with Crippen molar-refractivity contribution in [2.24, 2.45) is 0 Å². The molecule has 0 saturated heterocycles. The van der Waals surface area contributed by atoms with E-state index in [1.54, 1.807) is 18.2 Å². The molecule has 0 unspecified atom stereocenters. The number of benzene rings is 3. The molecule has 0 atom stereocenters. The molecular weight excluding hydrogens is 456 g/mol. The van der Waals surface area contributed by atoms with Crippen LogP contribution >= 0.6 is 12.2 Å². The molecule has 0 aliphatic rings. The van der Waals surface area contributed by atoms with E-state index in [0.717, 1.165) is 30.9 Å². The molecule has 0 heterocycles. The molecule has 3 rings (SSSR count). The Labute approximate surface area is 213 Å². The summed E-state index contributed by atoms with van der Waals surface area (Å²) in [7, 11) is 0. The van der Waals surface area contributed by atoms with Crippen molar-refractivity contribution in [3.8, 4) is 11.5 Å². The molecule has 0 radical (unpaired) electrons. The zero-order chi connectivity index (χ0) is 24.7. The van der Waals surface area contributed by atoms with Gasteiger partial charge in [0, 0.05) is 12.1 Å². The predicted octanol–water partition coefficient (Wildman–Crippen LogP) is 6.78. The summed E-state index contributed by atoms with van der Waals surface area (Å²) in [5.74, 6) is 1.03. The summed E-state index contributed by atoms with van der Waals surface area (Å²) in [6.45, 7) is 3.41. The molecule has 0 spiro atoms. The van der Waals surface area contributed by atoms with Crippen LogP contribution in [0.3, 0.4) is 0 Å². The zero-order valence-electron chi connectivity index (χ0n) is 20.3. The van der Waals surface area contributed by atoms with Gasteiger partial charge in [-0.3, -0.25) is 10.1 Å².